The summed E-state index contributed by atoms with van der Waals surface area (Å²) >= 11 is 0. The van der Waals surface area contributed by atoms with Crippen molar-refractivity contribution in [1.29, 1.82) is 0 Å². The molecule has 0 aromatic heterocycles. The Kier molecular flexibility index (Phi) is 10.8. The minimum atomic E-state index is -4.21. The molecule has 0 aliphatic carbocycles. The summed E-state index contributed by atoms with van der Waals surface area (Å²) in [5.74, 6) is 0. The molecular weight excluding hydrogens is 191 g/mol. The molecule has 0 fully saturated rings. The van der Waals surface area contributed by atoms with Crippen LogP contribution in [0, 0.1) is 0 Å². The van der Waals surface area contributed by atoms with Gasteiger partial charge in [-0.1, -0.05) is 26.2 Å². The zero-order chi connectivity index (χ0) is 8.74. The van der Waals surface area contributed by atoms with Crippen molar-refractivity contribution in [1.82, 2.24) is 0 Å². The van der Waals surface area contributed by atoms with Crippen LogP contribution in [0.3, 0.4) is 0 Å². The van der Waals surface area contributed by atoms with Crippen LogP contribution in [-0.2, 0) is 14.6 Å². The van der Waals surface area contributed by atoms with Gasteiger partial charge in [-0.05, 0) is 6.42 Å². The molecule has 1 N–H and O–H groups in total. The van der Waals surface area contributed by atoms with Crippen molar-refractivity contribution in [2.45, 2.75) is 32.6 Å². The number of rotatable bonds is 6. The van der Waals surface area contributed by atoms with E-state index in [2.05, 4.69) is 11.1 Å². The van der Waals surface area contributed by atoms with Crippen molar-refractivity contribution in [3.8, 4) is 0 Å². The maximum atomic E-state index is 10.00. The Labute approximate surface area is 95.9 Å². The fourth-order valence-corrected chi connectivity index (χ4v) is 1.02. The molecule has 4 nitrogen and oxygen atoms in total. The maximum Gasteiger partial charge on any atom is 0.397 e. The van der Waals surface area contributed by atoms with E-state index < -0.39 is 10.4 Å². The first-order chi connectivity index (χ1) is 5.06. The first-order valence-electron chi connectivity index (χ1n) is 3.68. The summed E-state index contributed by atoms with van der Waals surface area (Å²) in [5, 5.41) is 0. The molecule has 0 bridgehead atoms. The average Bonchev–Trinajstić information content (AvgIpc) is 1.85. The molecular formula is C6H14NaO4S. The van der Waals surface area contributed by atoms with E-state index in [0.717, 1.165) is 19.3 Å². The van der Waals surface area contributed by atoms with Crippen LogP contribution in [-0.4, -0.2) is 49.1 Å². The summed E-state index contributed by atoms with van der Waals surface area (Å²) in [6.45, 7) is 2.14. The molecule has 0 rings (SSSR count). The number of unbranched alkanes of at least 4 members (excludes halogenated alkanes) is 3. The van der Waals surface area contributed by atoms with Gasteiger partial charge in [0.15, 0.2) is 0 Å². The molecule has 0 saturated carbocycles. The predicted molar refractivity (Wildman–Crippen MR) is 47.4 cm³/mol. The Balaban J connectivity index is 0. The van der Waals surface area contributed by atoms with Crippen LogP contribution in [0.1, 0.15) is 32.6 Å². The molecule has 0 amide bonds. The molecule has 0 aliphatic rings. The predicted octanol–water partition coefficient (Wildman–Crippen LogP) is 1.01. The summed E-state index contributed by atoms with van der Waals surface area (Å²) < 4.78 is 32.2. The molecule has 0 atom stereocenters. The fraction of sp³-hybridized carbons (Fsp3) is 1.00. The van der Waals surface area contributed by atoms with Gasteiger partial charge in [-0.2, -0.15) is 8.42 Å². The van der Waals surface area contributed by atoms with Gasteiger partial charge in [-0.3, -0.25) is 4.55 Å². The topological polar surface area (TPSA) is 63.6 Å². The van der Waals surface area contributed by atoms with Crippen LogP contribution in [0.4, 0.5) is 0 Å². The van der Waals surface area contributed by atoms with Crippen molar-refractivity contribution in [2.24, 2.45) is 0 Å². The van der Waals surface area contributed by atoms with E-state index in [4.69, 9.17) is 4.55 Å². The van der Waals surface area contributed by atoms with Gasteiger partial charge in [-0.25, -0.2) is 4.18 Å². The standard InChI is InChI=1S/C6H14O4S.Na/c1-2-3-4-5-6-10-11(7,8)9;/h2-6H2,1H3,(H,7,8,9);. The molecule has 0 spiro atoms. The van der Waals surface area contributed by atoms with E-state index in [1.54, 1.807) is 0 Å². The first-order valence-corrected chi connectivity index (χ1v) is 5.04. The smallest absolute Gasteiger partial charge is 0.264 e. The van der Waals surface area contributed by atoms with Crippen LogP contribution in [0.25, 0.3) is 0 Å². The maximum absolute atomic E-state index is 10.00. The monoisotopic (exact) mass is 205 g/mol. The van der Waals surface area contributed by atoms with Crippen LogP contribution < -0.4 is 0 Å². The molecule has 0 heterocycles. The summed E-state index contributed by atoms with van der Waals surface area (Å²) in [7, 11) is -4.21. The van der Waals surface area contributed by atoms with Gasteiger partial charge in [-0.15, -0.1) is 0 Å². The van der Waals surface area contributed by atoms with Crippen LogP contribution in [0.2, 0.25) is 0 Å². The third kappa shape index (κ3) is 13.5. The van der Waals surface area contributed by atoms with Gasteiger partial charge >= 0.3 is 10.4 Å². The van der Waals surface area contributed by atoms with Crippen molar-refractivity contribution >= 4 is 40.0 Å². The third-order valence-corrected chi connectivity index (χ3v) is 1.69. The molecule has 69 valence electrons. The summed E-state index contributed by atoms with van der Waals surface area (Å²) in [6.07, 6.45) is 3.76. The second-order valence-electron chi connectivity index (χ2n) is 2.31. The fourth-order valence-electron chi connectivity index (χ4n) is 0.693. The van der Waals surface area contributed by atoms with E-state index in [1.165, 1.54) is 0 Å². The minimum absolute atomic E-state index is 0. The Bertz CT molecular complexity index is 178. The Morgan fingerprint density at radius 2 is 1.83 bits per heavy atom. The molecule has 1 radical (unpaired) electrons. The molecule has 6 heteroatoms. The SMILES string of the molecule is CCCCCCOS(=O)(=O)O.[Na]. The second kappa shape index (κ2) is 8.47. The van der Waals surface area contributed by atoms with E-state index >= 15 is 0 Å². The Morgan fingerprint density at radius 3 is 2.25 bits per heavy atom. The summed E-state index contributed by atoms with van der Waals surface area (Å²) in [6, 6.07) is 0. The van der Waals surface area contributed by atoms with E-state index in [1.807, 2.05) is 0 Å². The second-order valence-corrected chi connectivity index (χ2v) is 3.40. The molecule has 0 aromatic carbocycles. The normalized spacial score (nSPS) is 10.8. The van der Waals surface area contributed by atoms with Crippen molar-refractivity contribution < 1.29 is 17.2 Å². The number of hydrogen-bond donors (Lipinski definition) is 1. The van der Waals surface area contributed by atoms with Crippen LogP contribution >= 0.6 is 0 Å². The van der Waals surface area contributed by atoms with Gasteiger partial charge in [0.1, 0.15) is 0 Å². The molecule has 12 heavy (non-hydrogen) atoms. The Hall–Kier alpha value is 0.870. The first kappa shape index (κ1) is 15.3. The molecule has 0 saturated heterocycles. The number of hydrogen-bond acceptors (Lipinski definition) is 3. The van der Waals surface area contributed by atoms with Gasteiger partial charge < -0.3 is 0 Å². The van der Waals surface area contributed by atoms with Crippen LogP contribution in [0.15, 0.2) is 0 Å². The van der Waals surface area contributed by atoms with Crippen molar-refractivity contribution in [3.63, 3.8) is 0 Å². The minimum Gasteiger partial charge on any atom is -0.264 e. The van der Waals surface area contributed by atoms with Gasteiger partial charge in [0.05, 0.1) is 6.61 Å². The molecule has 0 aliphatic heterocycles. The third-order valence-electron chi connectivity index (χ3n) is 1.23. The van der Waals surface area contributed by atoms with E-state index in [0.29, 0.717) is 6.42 Å². The summed E-state index contributed by atoms with van der Waals surface area (Å²) in [4.78, 5) is 0. The quantitative estimate of drug-likeness (QED) is 0.399. The van der Waals surface area contributed by atoms with Crippen molar-refractivity contribution in [3.05, 3.63) is 0 Å². The van der Waals surface area contributed by atoms with Gasteiger partial charge in [0.25, 0.3) is 0 Å². The summed E-state index contributed by atoms with van der Waals surface area (Å²) in [5.41, 5.74) is 0. The van der Waals surface area contributed by atoms with Gasteiger partial charge in [0.2, 0.25) is 0 Å². The Morgan fingerprint density at radius 1 is 1.25 bits per heavy atom. The zero-order valence-corrected chi connectivity index (χ0v) is 10.4. The van der Waals surface area contributed by atoms with Crippen LogP contribution in [0.5, 0.6) is 0 Å². The van der Waals surface area contributed by atoms with E-state index in [-0.39, 0.29) is 36.2 Å². The molecule has 0 unspecified atom stereocenters. The van der Waals surface area contributed by atoms with Crippen molar-refractivity contribution in [2.75, 3.05) is 6.61 Å². The van der Waals surface area contributed by atoms with Gasteiger partial charge in [0, 0.05) is 29.6 Å². The average molecular weight is 205 g/mol. The van der Waals surface area contributed by atoms with E-state index in [9.17, 15) is 8.42 Å². The largest absolute Gasteiger partial charge is 0.397 e. The molecule has 0 aromatic rings. The zero-order valence-electron chi connectivity index (χ0n) is 7.62.